The maximum Gasteiger partial charge on any atom is 0.421 e. The summed E-state index contributed by atoms with van der Waals surface area (Å²) in [5.41, 5.74) is 7.81. The van der Waals surface area contributed by atoms with E-state index in [2.05, 4.69) is 15.3 Å². The van der Waals surface area contributed by atoms with Crippen LogP contribution in [0.3, 0.4) is 0 Å². The first kappa shape index (κ1) is 22.0. The van der Waals surface area contributed by atoms with Crippen molar-refractivity contribution >= 4 is 35.6 Å². The molecule has 0 unspecified atom stereocenters. The van der Waals surface area contributed by atoms with Gasteiger partial charge in [-0.2, -0.15) is 13.2 Å². The van der Waals surface area contributed by atoms with Gasteiger partial charge in [0.05, 0.1) is 6.54 Å². The van der Waals surface area contributed by atoms with E-state index in [1.807, 2.05) is 32.0 Å². The molecule has 0 aliphatic heterocycles. The van der Waals surface area contributed by atoms with Crippen molar-refractivity contribution in [1.82, 2.24) is 4.98 Å². The van der Waals surface area contributed by atoms with Gasteiger partial charge in [-0.25, -0.2) is 9.98 Å². The molecule has 3 N–H and O–H groups in total. The lowest BCUT2D eigenvalue weighted by Gasteiger charge is -2.12. The normalized spacial score (nSPS) is 11.7. The second-order valence-corrected chi connectivity index (χ2v) is 5.47. The van der Waals surface area contributed by atoms with E-state index < -0.39 is 17.6 Å². The third-order valence-corrected chi connectivity index (χ3v) is 3.18. The number of nitrogens with one attached hydrogen (secondary N) is 1. The number of alkyl halides is 3. The molecule has 0 saturated carbocycles. The predicted molar refractivity (Wildman–Crippen MR) is 106 cm³/mol. The van der Waals surface area contributed by atoms with Crippen LogP contribution >= 0.6 is 24.0 Å². The molecule has 0 spiro atoms. The summed E-state index contributed by atoms with van der Waals surface area (Å²) in [6.07, 6.45) is -3.28. The number of pyridine rings is 1. The highest BCUT2D eigenvalue weighted by Crippen LogP contribution is 2.34. The molecule has 1 heterocycles. The Kier molecular flexibility index (Phi) is 8.12. The van der Waals surface area contributed by atoms with Gasteiger partial charge in [0.15, 0.2) is 5.96 Å². The summed E-state index contributed by atoms with van der Waals surface area (Å²) in [5, 5.41) is 2.93. The van der Waals surface area contributed by atoms with Crippen molar-refractivity contribution in [2.75, 3.05) is 18.5 Å². The first-order valence-electron chi connectivity index (χ1n) is 7.56. The average molecular weight is 480 g/mol. The van der Waals surface area contributed by atoms with E-state index in [1.54, 1.807) is 0 Å². The van der Waals surface area contributed by atoms with Gasteiger partial charge in [-0.05, 0) is 49.2 Å². The molecular formula is C17H20F3IN4O. The molecule has 9 heteroatoms. The van der Waals surface area contributed by atoms with E-state index in [-0.39, 0.29) is 43.1 Å². The number of hydrogen-bond donors (Lipinski definition) is 2. The van der Waals surface area contributed by atoms with E-state index >= 15 is 0 Å². The highest BCUT2D eigenvalue weighted by Gasteiger charge is 2.34. The summed E-state index contributed by atoms with van der Waals surface area (Å²) in [6.45, 7) is 3.95. The van der Waals surface area contributed by atoms with Crippen LogP contribution in [0.4, 0.5) is 18.9 Å². The Morgan fingerprint density at radius 1 is 1.23 bits per heavy atom. The van der Waals surface area contributed by atoms with Gasteiger partial charge >= 0.3 is 6.18 Å². The summed E-state index contributed by atoms with van der Waals surface area (Å²) in [4.78, 5) is 7.65. The van der Waals surface area contributed by atoms with Gasteiger partial charge in [-0.1, -0.05) is 6.07 Å². The standard InChI is InChI=1S/C17H19F3N4O.HI/c1-11-8-12(2)10-13(9-11)24-16(21)23-6-7-25-15-14(17(18,19)20)4-3-5-22-15;/h3-5,8-10H,6-7H2,1-2H3,(H3,21,23,24);1H. The Bertz CT molecular complexity index is 746. The maximum absolute atomic E-state index is 12.8. The number of anilines is 1. The molecular weight excluding hydrogens is 460 g/mol. The number of rotatable bonds is 5. The predicted octanol–water partition coefficient (Wildman–Crippen LogP) is 4.14. The molecule has 26 heavy (non-hydrogen) atoms. The fourth-order valence-electron chi connectivity index (χ4n) is 2.26. The highest BCUT2D eigenvalue weighted by molar-refractivity contribution is 14.0. The van der Waals surface area contributed by atoms with Gasteiger partial charge in [-0.3, -0.25) is 0 Å². The average Bonchev–Trinajstić information content (AvgIpc) is 2.50. The second kappa shape index (κ2) is 9.60. The lowest BCUT2D eigenvalue weighted by molar-refractivity contribution is -0.139. The van der Waals surface area contributed by atoms with E-state index in [0.29, 0.717) is 0 Å². The van der Waals surface area contributed by atoms with E-state index in [0.717, 1.165) is 22.9 Å². The van der Waals surface area contributed by atoms with Crippen molar-refractivity contribution in [1.29, 1.82) is 0 Å². The number of aryl methyl sites for hydroxylation is 2. The van der Waals surface area contributed by atoms with Crippen LogP contribution in [-0.4, -0.2) is 24.1 Å². The maximum atomic E-state index is 12.8. The van der Waals surface area contributed by atoms with Gasteiger partial charge < -0.3 is 15.8 Å². The Morgan fingerprint density at radius 2 is 1.88 bits per heavy atom. The molecule has 2 aromatic rings. The van der Waals surface area contributed by atoms with Gasteiger partial charge in [0, 0.05) is 11.9 Å². The zero-order chi connectivity index (χ0) is 18.4. The second-order valence-electron chi connectivity index (χ2n) is 5.47. The van der Waals surface area contributed by atoms with Crippen molar-refractivity contribution in [3.63, 3.8) is 0 Å². The topological polar surface area (TPSA) is 72.5 Å². The number of halogens is 4. The number of benzene rings is 1. The minimum absolute atomic E-state index is 0. The number of nitrogens with two attached hydrogens (primary N) is 1. The Hall–Kier alpha value is -2.04. The Morgan fingerprint density at radius 3 is 2.50 bits per heavy atom. The van der Waals surface area contributed by atoms with Gasteiger partial charge in [0.2, 0.25) is 5.88 Å². The molecule has 2 rings (SSSR count). The fraction of sp³-hybridized carbons (Fsp3) is 0.294. The van der Waals surface area contributed by atoms with Gasteiger partial charge in [0.1, 0.15) is 12.2 Å². The molecule has 1 aromatic heterocycles. The molecule has 0 aliphatic carbocycles. The van der Waals surface area contributed by atoms with Crippen molar-refractivity contribution in [3.8, 4) is 5.88 Å². The minimum atomic E-state index is -4.52. The first-order valence-corrected chi connectivity index (χ1v) is 7.56. The quantitative estimate of drug-likeness (QED) is 0.292. The SMILES string of the molecule is Cc1cc(C)cc(NC(N)=NCCOc2ncccc2C(F)(F)F)c1.I. The van der Waals surface area contributed by atoms with Gasteiger partial charge in [-0.15, -0.1) is 24.0 Å². The van der Waals surface area contributed by atoms with Crippen LogP contribution in [0.25, 0.3) is 0 Å². The highest BCUT2D eigenvalue weighted by atomic mass is 127. The van der Waals surface area contributed by atoms with Crippen molar-refractivity contribution in [2.45, 2.75) is 20.0 Å². The zero-order valence-corrected chi connectivity index (χ0v) is 16.6. The molecule has 0 amide bonds. The molecule has 0 atom stereocenters. The fourth-order valence-corrected chi connectivity index (χ4v) is 2.26. The largest absolute Gasteiger partial charge is 0.475 e. The number of nitrogens with zero attached hydrogens (tertiary/aromatic N) is 2. The van der Waals surface area contributed by atoms with Crippen LogP contribution in [0, 0.1) is 13.8 Å². The third kappa shape index (κ3) is 6.70. The minimum Gasteiger partial charge on any atom is -0.475 e. The number of hydrogen-bond acceptors (Lipinski definition) is 3. The van der Waals surface area contributed by atoms with Crippen molar-refractivity contribution in [3.05, 3.63) is 53.2 Å². The summed E-state index contributed by atoms with van der Waals surface area (Å²) in [6, 6.07) is 7.98. The third-order valence-electron chi connectivity index (χ3n) is 3.18. The van der Waals surface area contributed by atoms with Crippen LogP contribution < -0.4 is 15.8 Å². The number of aromatic nitrogens is 1. The van der Waals surface area contributed by atoms with Crippen molar-refractivity contribution in [2.24, 2.45) is 10.7 Å². The summed E-state index contributed by atoms with van der Waals surface area (Å²) >= 11 is 0. The molecule has 0 bridgehead atoms. The number of ether oxygens (including phenoxy) is 1. The molecule has 0 fully saturated rings. The molecule has 142 valence electrons. The molecule has 0 aliphatic rings. The van der Waals surface area contributed by atoms with E-state index in [4.69, 9.17) is 10.5 Å². The van der Waals surface area contributed by atoms with Crippen molar-refractivity contribution < 1.29 is 17.9 Å². The zero-order valence-electron chi connectivity index (χ0n) is 14.3. The smallest absolute Gasteiger partial charge is 0.421 e. The van der Waals surface area contributed by atoms with Crippen LogP contribution in [0.15, 0.2) is 41.5 Å². The molecule has 5 nitrogen and oxygen atoms in total. The Balaban J connectivity index is 0.00000338. The van der Waals surface area contributed by atoms with Crippen LogP contribution in [0.5, 0.6) is 5.88 Å². The van der Waals surface area contributed by atoms with Crippen LogP contribution in [0.1, 0.15) is 16.7 Å². The molecule has 0 radical (unpaired) electrons. The van der Waals surface area contributed by atoms with E-state index in [9.17, 15) is 13.2 Å². The molecule has 1 aromatic carbocycles. The van der Waals surface area contributed by atoms with Gasteiger partial charge in [0.25, 0.3) is 0 Å². The first-order chi connectivity index (χ1) is 11.8. The summed E-state index contributed by atoms with van der Waals surface area (Å²) in [7, 11) is 0. The molecule has 0 saturated heterocycles. The monoisotopic (exact) mass is 480 g/mol. The van der Waals surface area contributed by atoms with Crippen LogP contribution in [0.2, 0.25) is 0 Å². The Labute approximate surface area is 166 Å². The lowest BCUT2D eigenvalue weighted by atomic mass is 10.1. The van der Waals surface area contributed by atoms with Crippen LogP contribution in [-0.2, 0) is 6.18 Å². The number of aliphatic imine (C=N–C) groups is 1. The lowest BCUT2D eigenvalue weighted by Crippen LogP contribution is -2.23. The summed E-state index contributed by atoms with van der Waals surface area (Å²) < 4.78 is 43.5. The summed E-state index contributed by atoms with van der Waals surface area (Å²) in [5.74, 6) is -0.309. The van der Waals surface area contributed by atoms with E-state index in [1.165, 1.54) is 12.3 Å². The number of guanidine groups is 1.